The van der Waals surface area contributed by atoms with Crippen molar-refractivity contribution in [2.24, 2.45) is 0 Å². The van der Waals surface area contributed by atoms with E-state index < -0.39 is 0 Å². The summed E-state index contributed by atoms with van der Waals surface area (Å²) in [5, 5.41) is 11.2. The van der Waals surface area contributed by atoms with Gasteiger partial charge in [-0.05, 0) is 13.3 Å². The standard InChI is InChI=1S/C7H15NO3/c1-6(3-4-9)8-7(10)5-11-2/h6,9H,3-5H2,1-2H3,(H,8,10). The van der Waals surface area contributed by atoms with Gasteiger partial charge in [-0.15, -0.1) is 0 Å². The van der Waals surface area contributed by atoms with Gasteiger partial charge in [-0.3, -0.25) is 4.79 Å². The predicted octanol–water partition coefficient (Wildman–Crippen LogP) is -0.480. The van der Waals surface area contributed by atoms with Crippen LogP contribution in [0.1, 0.15) is 13.3 Å². The van der Waals surface area contributed by atoms with E-state index in [2.05, 4.69) is 10.1 Å². The fraction of sp³-hybridized carbons (Fsp3) is 0.857. The first-order chi connectivity index (χ1) is 5.20. The highest BCUT2D eigenvalue weighted by molar-refractivity contribution is 5.77. The highest BCUT2D eigenvalue weighted by Crippen LogP contribution is 1.87. The van der Waals surface area contributed by atoms with Gasteiger partial charge < -0.3 is 15.2 Å². The zero-order chi connectivity index (χ0) is 8.69. The van der Waals surface area contributed by atoms with Crippen LogP contribution in [0.3, 0.4) is 0 Å². The molecule has 0 aliphatic carbocycles. The van der Waals surface area contributed by atoms with Crippen molar-refractivity contribution in [3.05, 3.63) is 0 Å². The number of aliphatic hydroxyl groups is 1. The smallest absolute Gasteiger partial charge is 0.246 e. The molecule has 0 heterocycles. The average Bonchev–Trinajstić information content (AvgIpc) is 1.87. The van der Waals surface area contributed by atoms with Crippen LogP contribution in [-0.4, -0.2) is 37.4 Å². The molecule has 1 unspecified atom stereocenters. The Balaban J connectivity index is 3.40. The highest BCUT2D eigenvalue weighted by atomic mass is 16.5. The summed E-state index contributed by atoms with van der Waals surface area (Å²) in [5.74, 6) is -0.145. The van der Waals surface area contributed by atoms with E-state index in [-0.39, 0.29) is 25.2 Å². The van der Waals surface area contributed by atoms with Gasteiger partial charge in [-0.2, -0.15) is 0 Å². The van der Waals surface area contributed by atoms with E-state index in [0.29, 0.717) is 6.42 Å². The summed E-state index contributed by atoms with van der Waals surface area (Å²) in [6.45, 7) is 2.01. The van der Waals surface area contributed by atoms with Crippen LogP contribution < -0.4 is 5.32 Å². The monoisotopic (exact) mass is 161 g/mol. The summed E-state index contributed by atoms with van der Waals surface area (Å²) in [7, 11) is 1.47. The summed E-state index contributed by atoms with van der Waals surface area (Å²) in [4.78, 5) is 10.8. The number of nitrogens with one attached hydrogen (secondary N) is 1. The molecule has 1 amide bonds. The lowest BCUT2D eigenvalue weighted by Gasteiger charge is -2.11. The molecule has 0 rings (SSSR count). The molecule has 0 aliphatic heterocycles. The fourth-order valence-corrected chi connectivity index (χ4v) is 0.713. The number of amides is 1. The Morgan fingerprint density at radius 3 is 2.82 bits per heavy atom. The third-order valence-electron chi connectivity index (χ3n) is 1.24. The van der Waals surface area contributed by atoms with E-state index in [9.17, 15) is 4.79 Å². The normalized spacial score (nSPS) is 12.6. The molecule has 0 spiro atoms. The lowest BCUT2D eigenvalue weighted by Crippen LogP contribution is -2.35. The molecule has 0 bridgehead atoms. The molecule has 0 fully saturated rings. The van der Waals surface area contributed by atoms with Crippen LogP contribution in [0, 0.1) is 0 Å². The Morgan fingerprint density at radius 1 is 1.73 bits per heavy atom. The largest absolute Gasteiger partial charge is 0.396 e. The van der Waals surface area contributed by atoms with E-state index >= 15 is 0 Å². The molecule has 0 aromatic heterocycles. The molecule has 0 aliphatic rings. The zero-order valence-corrected chi connectivity index (χ0v) is 6.96. The molecular formula is C7H15NO3. The van der Waals surface area contributed by atoms with Crippen LogP contribution in [0.4, 0.5) is 0 Å². The van der Waals surface area contributed by atoms with Gasteiger partial charge in [0.1, 0.15) is 6.61 Å². The molecule has 4 heteroatoms. The lowest BCUT2D eigenvalue weighted by molar-refractivity contribution is -0.125. The number of aliphatic hydroxyl groups excluding tert-OH is 1. The molecule has 1 atom stereocenters. The second-order valence-electron chi connectivity index (χ2n) is 2.41. The van der Waals surface area contributed by atoms with Crippen molar-refractivity contribution in [3.63, 3.8) is 0 Å². The van der Waals surface area contributed by atoms with E-state index in [1.165, 1.54) is 7.11 Å². The maximum atomic E-state index is 10.8. The van der Waals surface area contributed by atoms with Gasteiger partial charge >= 0.3 is 0 Å². The van der Waals surface area contributed by atoms with E-state index in [0.717, 1.165) is 0 Å². The SMILES string of the molecule is COCC(=O)NC(C)CCO. The van der Waals surface area contributed by atoms with Gasteiger partial charge in [-0.25, -0.2) is 0 Å². The third-order valence-corrected chi connectivity index (χ3v) is 1.24. The average molecular weight is 161 g/mol. The van der Waals surface area contributed by atoms with Crippen molar-refractivity contribution >= 4 is 5.91 Å². The minimum Gasteiger partial charge on any atom is -0.396 e. The molecule has 4 nitrogen and oxygen atoms in total. The van der Waals surface area contributed by atoms with Gasteiger partial charge in [0.05, 0.1) is 0 Å². The van der Waals surface area contributed by atoms with Crippen molar-refractivity contribution in [3.8, 4) is 0 Å². The van der Waals surface area contributed by atoms with E-state index in [4.69, 9.17) is 5.11 Å². The van der Waals surface area contributed by atoms with Crippen LogP contribution in [0.15, 0.2) is 0 Å². The maximum absolute atomic E-state index is 10.8. The highest BCUT2D eigenvalue weighted by Gasteiger charge is 2.04. The third kappa shape index (κ3) is 5.82. The molecule has 0 aromatic carbocycles. The quantitative estimate of drug-likeness (QED) is 0.572. The lowest BCUT2D eigenvalue weighted by atomic mass is 10.2. The van der Waals surface area contributed by atoms with Crippen molar-refractivity contribution in [1.29, 1.82) is 0 Å². The van der Waals surface area contributed by atoms with Crippen LogP contribution in [0.5, 0.6) is 0 Å². The number of methoxy groups -OCH3 is 1. The Bertz CT molecular complexity index is 116. The molecule has 0 aromatic rings. The molecule has 0 saturated carbocycles. The predicted molar refractivity (Wildman–Crippen MR) is 41.2 cm³/mol. The second kappa shape index (κ2) is 6.12. The van der Waals surface area contributed by atoms with Gasteiger partial charge in [0, 0.05) is 19.8 Å². The first-order valence-corrected chi connectivity index (χ1v) is 3.60. The van der Waals surface area contributed by atoms with Gasteiger partial charge in [0.25, 0.3) is 0 Å². The fourth-order valence-electron chi connectivity index (χ4n) is 0.713. The summed E-state index contributed by atoms with van der Waals surface area (Å²) in [6, 6.07) is 0.0163. The molecule has 0 saturated heterocycles. The Morgan fingerprint density at radius 2 is 2.36 bits per heavy atom. The summed E-state index contributed by atoms with van der Waals surface area (Å²) < 4.78 is 4.61. The number of rotatable bonds is 5. The molecular weight excluding hydrogens is 146 g/mol. The summed E-state index contributed by atoms with van der Waals surface area (Å²) in [6.07, 6.45) is 0.579. The van der Waals surface area contributed by atoms with Crippen LogP contribution in [-0.2, 0) is 9.53 Å². The molecule has 0 radical (unpaired) electrons. The molecule has 11 heavy (non-hydrogen) atoms. The summed E-state index contributed by atoms with van der Waals surface area (Å²) in [5.41, 5.74) is 0. The first kappa shape index (κ1) is 10.4. The van der Waals surface area contributed by atoms with Crippen LogP contribution >= 0.6 is 0 Å². The van der Waals surface area contributed by atoms with Gasteiger partial charge in [-0.1, -0.05) is 0 Å². The Hall–Kier alpha value is -0.610. The van der Waals surface area contributed by atoms with Crippen molar-refractivity contribution in [2.75, 3.05) is 20.3 Å². The van der Waals surface area contributed by atoms with Crippen molar-refractivity contribution < 1.29 is 14.6 Å². The Labute approximate surface area is 66.5 Å². The van der Waals surface area contributed by atoms with Crippen LogP contribution in [0.25, 0.3) is 0 Å². The number of carbonyl (C=O) groups excluding carboxylic acids is 1. The number of hydrogen-bond acceptors (Lipinski definition) is 3. The Kier molecular flexibility index (Phi) is 5.78. The van der Waals surface area contributed by atoms with Gasteiger partial charge in [0.15, 0.2) is 0 Å². The number of ether oxygens (including phenoxy) is 1. The van der Waals surface area contributed by atoms with Crippen molar-refractivity contribution in [2.45, 2.75) is 19.4 Å². The molecule has 66 valence electrons. The maximum Gasteiger partial charge on any atom is 0.246 e. The van der Waals surface area contributed by atoms with Crippen LogP contribution in [0.2, 0.25) is 0 Å². The number of carbonyl (C=O) groups is 1. The van der Waals surface area contributed by atoms with Crippen molar-refractivity contribution in [1.82, 2.24) is 5.32 Å². The van der Waals surface area contributed by atoms with Gasteiger partial charge in [0.2, 0.25) is 5.91 Å². The molecule has 2 N–H and O–H groups in total. The minimum absolute atomic E-state index is 0.0163. The van der Waals surface area contributed by atoms with E-state index in [1.807, 2.05) is 6.92 Å². The summed E-state index contributed by atoms with van der Waals surface area (Å²) >= 11 is 0. The topological polar surface area (TPSA) is 58.6 Å². The zero-order valence-electron chi connectivity index (χ0n) is 6.96. The first-order valence-electron chi connectivity index (χ1n) is 3.60. The van der Waals surface area contributed by atoms with E-state index in [1.54, 1.807) is 0 Å². The minimum atomic E-state index is -0.145. The number of hydrogen-bond donors (Lipinski definition) is 2. The second-order valence-corrected chi connectivity index (χ2v) is 2.41.